The molecule has 0 bridgehead atoms. The maximum absolute atomic E-state index is 5.44. The Morgan fingerprint density at radius 2 is 2.21 bits per heavy atom. The van der Waals surface area contributed by atoms with Gasteiger partial charge >= 0.3 is 0 Å². The van der Waals surface area contributed by atoms with Gasteiger partial charge < -0.3 is 15.4 Å². The van der Waals surface area contributed by atoms with Crippen LogP contribution in [-0.4, -0.2) is 36.3 Å². The van der Waals surface area contributed by atoms with Crippen LogP contribution in [0, 0.1) is 5.92 Å². The van der Waals surface area contributed by atoms with E-state index in [9.17, 15) is 0 Å². The molecule has 5 nitrogen and oxygen atoms in total. The van der Waals surface area contributed by atoms with Gasteiger partial charge in [-0.3, -0.25) is 0 Å². The molecule has 2 atom stereocenters. The quantitative estimate of drug-likeness (QED) is 0.825. The molecule has 1 aliphatic rings. The van der Waals surface area contributed by atoms with Crippen molar-refractivity contribution in [1.29, 1.82) is 0 Å². The number of aryl methyl sites for hydroxylation is 1. The van der Waals surface area contributed by atoms with Gasteiger partial charge in [0.15, 0.2) is 0 Å². The van der Waals surface area contributed by atoms with Crippen molar-refractivity contribution < 1.29 is 4.74 Å². The molecule has 0 aliphatic carbocycles. The summed E-state index contributed by atoms with van der Waals surface area (Å²) < 4.78 is 5.44. The molecule has 0 spiro atoms. The van der Waals surface area contributed by atoms with Crippen LogP contribution in [0.15, 0.2) is 6.07 Å². The molecular formula is C14H24N4O. The largest absolute Gasteiger partial charge is 0.381 e. The van der Waals surface area contributed by atoms with Gasteiger partial charge in [0, 0.05) is 38.1 Å². The molecule has 2 heterocycles. The van der Waals surface area contributed by atoms with E-state index in [0.717, 1.165) is 49.9 Å². The van der Waals surface area contributed by atoms with Crippen molar-refractivity contribution in [2.45, 2.75) is 39.2 Å². The van der Waals surface area contributed by atoms with Gasteiger partial charge in [-0.15, -0.1) is 0 Å². The molecule has 2 rings (SSSR count). The lowest BCUT2D eigenvalue weighted by Crippen LogP contribution is -2.26. The minimum atomic E-state index is 0.372. The lowest BCUT2D eigenvalue weighted by atomic mass is 10.0. The van der Waals surface area contributed by atoms with E-state index in [-0.39, 0.29) is 0 Å². The number of nitrogens with one attached hydrogen (secondary N) is 2. The van der Waals surface area contributed by atoms with Crippen LogP contribution in [-0.2, 0) is 11.2 Å². The molecule has 19 heavy (non-hydrogen) atoms. The van der Waals surface area contributed by atoms with Crippen molar-refractivity contribution in [2.75, 3.05) is 30.9 Å². The van der Waals surface area contributed by atoms with Gasteiger partial charge in [-0.1, -0.05) is 6.92 Å². The zero-order valence-electron chi connectivity index (χ0n) is 12.1. The molecule has 2 N–H and O–H groups in total. The molecular weight excluding hydrogens is 240 g/mol. The average molecular weight is 264 g/mol. The summed E-state index contributed by atoms with van der Waals surface area (Å²) in [5.74, 6) is 3.24. The second kappa shape index (κ2) is 6.70. The standard InChI is InChI=1S/C14H24N4O/c1-4-5-12-17-13(15-3)8-14(18-12)16-10(2)11-6-7-19-9-11/h8,10-11H,4-7,9H2,1-3H3,(H2,15,16,17,18). The van der Waals surface area contributed by atoms with Gasteiger partial charge in [-0.25, -0.2) is 9.97 Å². The van der Waals surface area contributed by atoms with Crippen LogP contribution >= 0.6 is 0 Å². The van der Waals surface area contributed by atoms with E-state index in [2.05, 4.69) is 34.4 Å². The van der Waals surface area contributed by atoms with E-state index in [4.69, 9.17) is 4.74 Å². The SMILES string of the molecule is CCCc1nc(NC)cc(NC(C)C2CCOC2)n1. The predicted molar refractivity (Wildman–Crippen MR) is 77.6 cm³/mol. The lowest BCUT2D eigenvalue weighted by Gasteiger charge is -2.20. The molecule has 5 heteroatoms. The average Bonchev–Trinajstić information content (AvgIpc) is 2.92. The van der Waals surface area contributed by atoms with E-state index in [0.29, 0.717) is 12.0 Å². The highest BCUT2D eigenvalue weighted by atomic mass is 16.5. The second-order valence-corrected chi connectivity index (χ2v) is 5.11. The number of hydrogen-bond donors (Lipinski definition) is 2. The fourth-order valence-corrected chi connectivity index (χ4v) is 2.33. The fourth-order valence-electron chi connectivity index (χ4n) is 2.33. The van der Waals surface area contributed by atoms with Crippen molar-refractivity contribution in [3.63, 3.8) is 0 Å². The van der Waals surface area contributed by atoms with Crippen molar-refractivity contribution in [3.8, 4) is 0 Å². The third-order valence-corrected chi connectivity index (χ3v) is 3.55. The van der Waals surface area contributed by atoms with Gasteiger partial charge in [0.05, 0.1) is 6.61 Å². The van der Waals surface area contributed by atoms with Crippen molar-refractivity contribution >= 4 is 11.6 Å². The Kier molecular flexibility index (Phi) is 4.96. The smallest absolute Gasteiger partial charge is 0.133 e. The number of hydrogen-bond acceptors (Lipinski definition) is 5. The number of nitrogens with zero attached hydrogens (tertiary/aromatic N) is 2. The summed E-state index contributed by atoms with van der Waals surface area (Å²) in [6.07, 6.45) is 3.09. The molecule has 0 radical (unpaired) electrons. The highest BCUT2D eigenvalue weighted by molar-refractivity contribution is 5.47. The summed E-state index contributed by atoms with van der Waals surface area (Å²) in [5, 5.41) is 6.58. The Hall–Kier alpha value is -1.36. The third-order valence-electron chi connectivity index (χ3n) is 3.55. The monoisotopic (exact) mass is 264 g/mol. The molecule has 0 saturated carbocycles. The predicted octanol–water partition coefficient (Wildman–Crippen LogP) is 2.31. The van der Waals surface area contributed by atoms with Gasteiger partial charge in [0.25, 0.3) is 0 Å². The van der Waals surface area contributed by atoms with Crippen molar-refractivity contribution in [3.05, 3.63) is 11.9 Å². The van der Waals surface area contributed by atoms with Crippen LogP contribution in [0.25, 0.3) is 0 Å². The van der Waals surface area contributed by atoms with Crippen molar-refractivity contribution in [2.24, 2.45) is 5.92 Å². The van der Waals surface area contributed by atoms with Crippen molar-refractivity contribution in [1.82, 2.24) is 9.97 Å². The summed E-state index contributed by atoms with van der Waals surface area (Å²) in [6, 6.07) is 2.34. The summed E-state index contributed by atoms with van der Waals surface area (Å²) in [6.45, 7) is 6.06. The van der Waals surface area contributed by atoms with Gasteiger partial charge in [-0.2, -0.15) is 0 Å². The summed E-state index contributed by atoms with van der Waals surface area (Å²) in [4.78, 5) is 9.04. The zero-order valence-corrected chi connectivity index (χ0v) is 12.1. The van der Waals surface area contributed by atoms with Crippen LogP contribution in [0.3, 0.4) is 0 Å². The molecule has 1 fully saturated rings. The summed E-state index contributed by atoms with van der Waals surface area (Å²) >= 11 is 0. The first-order chi connectivity index (χ1) is 9.22. The van der Waals surface area contributed by atoms with E-state index < -0.39 is 0 Å². The minimum Gasteiger partial charge on any atom is -0.381 e. The Bertz CT molecular complexity index is 404. The topological polar surface area (TPSA) is 59.1 Å². The van der Waals surface area contributed by atoms with Gasteiger partial charge in [0.1, 0.15) is 17.5 Å². The van der Waals surface area contributed by atoms with Crippen LogP contribution in [0.2, 0.25) is 0 Å². The molecule has 1 aliphatic heterocycles. The summed E-state index contributed by atoms with van der Waals surface area (Å²) in [5.41, 5.74) is 0. The highest BCUT2D eigenvalue weighted by Crippen LogP contribution is 2.20. The zero-order chi connectivity index (χ0) is 13.7. The first-order valence-corrected chi connectivity index (χ1v) is 7.13. The Morgan fingerprint density at radius 3 is 2.84 bits per heavy atom. The second-order valence-electron chi connectivity index (χ2n) is 5.11. The van der Waals surface area contributed by atoms with Crippen LogP contribution in [0.4, 0.5) is 11.6 Å². The van der Waals surface area contributed by atoms with Gasteiger partial charge in [0.2, 0.25) is 0 Å². The molecule has 1 saturated heterocycles. The lowest BCUT2D eigenvalue weighted by molar-refractivity contribution is 0.183. The number of ether oxygens (including phenoxy) is 1. The molecule has 1 aromatic heterocycles. The van der Waals surface area contributed by atoms with Gasteiger partial charge in [-0.05, 0) is 19.8 Å². The maximum Gasteiger partial charge on any atom is 0.133 e. The van der Waals surface area contributed by atoms with Crippen LogP contribution in [0.1, 0.15) is 32.5 Å². The molecule has 106 valence electrons. The first-order valence-electron chi connectivity index (χ1n) is 7.13. The van der Waals surface area contributed by atoms with E-state index in [1.165, 1.54) is 0 Å². The summed E-state index contributed by atoms with van der Waals surface area (Å²) in [7, 11) is 1.88. The Labute approximate surface area is 115 Å². The molecule has 2 unspecified atom stereocenters. The Morgan fingerprint density at radius 1 is 1.42 bits per heavy atom. The highest BCUT2D eigenvalue weighted by Gasteiger charge is 2.22. The van der Waals surface area contributed by atoms with E-state index in [1.807, 2.05) is 13.1 Å². The molecule has 1 aromatic rings. The van der Waals surface area contributed by atoms with Crippen LogP contribution < -0.4 is 10.6 Å². The van der Waals surface area contributed by atoms with Crippen LogP contribution in [0.5, 0.6) is 0 Å². The van der Waals surface area contributed by atoms with E-state index in [1.54, 1.807) is 0 Å². The first kappa shape index (κ1) is 14.1. The normalized spacial score (nSPS) is 20.3. The Balaban J connectivity index is 2.07. The molecule has 0 amide bonds. The van der Waals surface area contributed by atoms with E-state index >= 15 is 0 Å². The minimum absolute atomic E-state index is 0.372. The molecule has 0 aromatic carbocycles. The number of rotatable bonds is 6. The maximum atomic E-state index is 5.44. The third kappa shape index (κ3) is 3.80. The number of anilines is 2. The fraction of sp³-hybridized carbons (Fsp3) is 0.714. The number of aromatic nitrogens is 2.